The quantitative estimate of drug-likeness (QED) is 0.382. The first kappa shape index (κ1) is 10.0. The summed E-state index contributed by atoms with van der Waals surface area (Å²) in [4.78, 5) is 0. The van der Waals surface area contributed by atoms with Crippen LogP contribution in [0, 0.1) is 0 Å². The number of hydrogen-bond acceptors (Lipinski definition) is 4. The monoisotopic (exact) mass is 144 g/mol. The van der Waals surface area contributed by atoms with Gasteiger partial charge in [-0.2, -0.15) is 0 Å². The number of hydrogen-bond donors (Lipinski definition) is 3. The molecule has 0 aliphatic carbocycles. The average Bonchev–Trinajstić information content (AvgIpc) is 1.98. The molecule has 0 radical (unpaired) electrons. The first-order chi connectivity index (χ1) is 4.72. The predicted molar refractivity (Wildman–Crippen MR) is 41.6 cm³/mol. The topological polar surface area (TPSA) is 69.9 Å². The second-order valence-corrected chi connectivity index (χ2v) is 2.01. The van der Waals surface area contributed by atoms with Gasteiger partial charge in [0, 0.05) is 6.61 Å². The third kappa shape index (κ3) is 3.95. The minimum absolute atomic E-state index is 0.387. The fourth-order valence-electron chi connectivity index (χ4n) is 0.440. The van der Waals surface area contributed by atoms with Crippen molar-refractivity contribution in [2.75, 3.05) is 6.61 Å². The van der Waals surface area contributed by atoms with Crippen molar-refractivity contribution < 1.29 is 19.7 Å². The molecule has 56 valence electrons. The van der Waals surface area contributed by atoms with Crippen LogP contribution in [0.5, 0.6) is 0 Å². The van der Waals surface area contributed by atoms with Gasteiger partial charge in [-0.25, -0.2) is 0 Å². The predicted octanol–water partition coefficient (Wildman–Crippen LogP) is -2.20. The minimum atomic E-state index is -1.26. The maximum absolute atomic E-state index is 8.82. The maximum Gasteiger partial charge on any atom is 0.435 e. The van der Waals surface area contributed by atoms with Crippen molar-refractivity contribution in [2.24, 2.45) is 0 Å². The van der Waals surface area contributed by atoms with Gasteiger partial charge in [0.25, 0.3) is 7.37 Å². The normalized spacial score (nSPS) is 9.20. The van der Waals surface area contributed by atoms with Crippen LogP contribution in [0.1, 0.15) is 13.3 Å². The largest absolute Gasteiger partial charge is 0.459 e. The van der Waals surface area contributed by atoms with E-state index in [9.17, 15) is 0 Å². The van der Waals surface area contributed by atoms with Gasteiger partial charge in [-0.1, -0.05) is 6.92 Å². The Hall–Kier alpha value is 0.0348. The fraction of sp³-hybridized carbons (Fsp3) is 1.00. The molecule has 0 aliphatic heterocycles. The van der Waals surface area contributed by atoms with E-state index in [2.05, 4.69) is 4.65 Å². The Labute approximate surface area is 61.7 Å². The summed E-state index contributed by atoms with van der Waals surface area (Å²) in [6.07, 6.45) is 0.773. The first-order valence-corrected chi connectivity index (χ1v) is 3.31. The highest BCUT2D eigenvalue weighted by atomic mass is 16.5. The molecular weight excluding hydrogens is 132 g/mol. The molecule has 0 atom stereocenters. The van der Waals surface area contributed by atoms with Gasteiger partial charge >= 0.3 is 13.7 Å². The van der Waals surface area contributed by atoms with Crippen molar-refractivity contribution in [3.05, 3.63) is 0 Å². The SMILES string of the molecule is CCCOB(O)B(O)BO. The van der Waals surface area contributed by atoms with Gasteiger partial charge in [0.15, 0.2) is 0 Å². The van der Waals surface area contributed by atoms with Crippen molar-refractivity contribution in [1.82, 2.24) is 0 Å². The van der Waals surface area contributed by atoms with Crippen LogP contribution in [-0.2, 0) is 4.65 Å². The van der Waals surface area contributed by atoms with Crippen LogP contribution in [0.15, 0.2) is 0 Å². The standard InChI is InChI=1S/C3H11B3O4/c1-2-3-10-6(9)5(8)4-7/h4,7-9H,2-3H2,1H3. The van der Waals surface area contributed by atoms with E-state index in [4.69, 9.17) is 15.1 Å². The molecule has 0 aromatic heterocycles. The van der Waals surface area contributed by atoms with Gasteiger partial charge in [-0.15, -0.1) is 0 Å². The molecule has 0 rings (SSSR count). The van der Waals surface area contributed by atoms with Crippen LogP contribution in [-0.4, -0.2) is 42.8 Å². The van der Waals surface area contributed by atoms with E-state index in [1.165, 1.54) is 0 Å². The summed E-state index contributed by atoms with van der Waals surface area (Å²) in [6.45, 7) is 1.09. The van der Waals surface area contributed by atoms with Gasteiger partial charge in [0.2, 0.25) is 0 Å². The molecule has 0 heterocycles. The summed E-state index contributed by atoms with van der Waals surface area (Å²) < 4.78 is 4.69. The van der Waals surface area contributed by atoms with Gasteiger partial charge < -0.3 is 19.7 Å². The van der Waals surface area contributed by atoms with Crippen LogP contribution < -0.4 is 0 Å². The van der Waals surface area contributed by atoms with Crippen LogP contribution in [0.2, 0.25) is 0 Å². The smallest absolute Gasteiger partial charge is 0.435 e. The van der Waals surface area contributed by atoms with Gasteiger partial charge in [-0.3, -0.25) is 0 Å². The maximum atomic E-state index is 8.82. The lowest BCUT2D eigenvalue weighted by molar-refractivity contribution is 0.270. The van der Waals surface area contributed by atoms with E-state index >= 15 is 0 Å². The second kappa shape index (κ2) is 5.79. The molecule has 0 aromatic rings. The highest BCUT2D eigenvalue weighted by Gasteiger charge is 2.29. The Balaban J connectivity index is 3.31. The molecule has 0 amide bonds. The molecule has 0 saturated carbocycles. The zero-order valence-electron chi connectivity index (χ0n) is 6.03. The molecule has 4 nitrogen and oxygen atoms in total. The average molecular weight is 144 g/mol. The summed E-state index contributed by atoms with van der Waals surface area (Å²) in [7, 11) is -1.74. The molecule has 10 heavy (non-hydrogen) atoms. The van der Waals surface area contributed by atoms with Crippen molar-refractivity contribution >= 4 is 21.1 Å². The molecule has 0 aliphatic rings. The Bertz CT molecular complexity index is 82.1. The van der Waals surface area contributed by atoms with Crippen molar-refractivity contribution in [3.63, 3.8) is 0 Å². The number of rotatable bonds is 5. The van der Waals surface area contributed by atoms with Crippen molar-refractivity contribution in [3.8, 4) is 0 Å². The molecule has 0 fully saturated rings. The zero-order chi connectivity index (χ0) is 7.98. The molecule has 0 aromatic carbocycles. The van der Waals surface area contributed by atoms with Gasteiger partial charge in [0.05, 0.1) is 0 Å². The van der Waals surface area contributed by atoms with E-state index in [-0.39, 0.29) is 0 Å². The summed E-state index contributed by atoms with van der Waals surface area (Å²) in [5.41, 5.74) is 0. The molecule has 3 N–H and O–H groups in total. The third-order valence-corrected chi connectivity index (χ3v) is 1.01. The molecular formula is C3H11B3O4. The highest BCUT2D eigenvalue weighted by molar-refractivity contribution is 7.37. The zero-order valence-corrected chi connectivity index (χ0v) is 6.03. The molecule has 0 bridgehead atoms. The molecule has 7 heteroatoms. The van der Waals surface area contributed by atoms with Gasteiger partial charge in [-0.05, 0) is 6.42 Å². The molecule has 0 spiro atoms. The van der Waals surface area contributed by atoms with Crippen molar-refractivity contribution in [1.29, 1.82) is 0 Å². The van der Waals surface area contributed by atoms with Crippen LogP contribution in [0.4, 0.5) is 0 Å². The highest BCUT2D eigenvalue weighted by Crippen LogP contribution is 1.86. The summed E-state index contributed by atoms with van der Waals surface area (Å²) >= 11 is 0. The Morgan fingerprint density at radius 1 is 1.50 bits per heavy atom. The van der Waals surface area contributed by atoms with E-state index in [0.717, 1.165) is 6.42 Å². The van der Waals surface area contributed by atoms with Crippen LogP contribution in [0.25, 0.3) is 0 Å². The van der Waals surface area contributed by atoms with E-state index in [1.54, 1.807) is 0 Å². The van der Waals surface area contributed by atoms with E-state index in [1.807, 2.05) is 6.92 Å². The lowest BCUT2D eigenvalue weighted by Gasteiger charge is -2.06. The summed E-state index contributed by atoms with van der Waals surface area (Å²) in [5.74, 6) is 0. The van der Waals surface area contributed by atoms with E-state index < -0.39 is 21.1 Å². The Kier molecular flexibility index (Phi) is 5.81. The fourth-order valence-corrected chi connectivity index (χ4v) is 0.440. The Morgan fingerprint density at radius 2 is 2.10 bits per heavy atom. The lowest BCUT2D eigenvalue weighted by atomic mass is 9.21. The minimum Gasteiger partial charge on any atom is -0.459 e. The second-order valence-electron chi connectivity index (χ2n) is 2.01. The Morgan fingerprint density at radius 3 is 2.50 bits per heavy atom. The van der Waals surface area contributed by atoms with Crippen LogP contribution >= 0.6 is 0 Å². The van der Waals surface area contributed by atoms with E-state index in [0.29, 0.717) is 6.61 Å². The van der Waals surface area contributed by atoms with Crippen LogP contribution in [0.3, 0.4) is 0 Å². The van der Waals surface area contributed by atoms with Crippen molar-refractivity contribution in [2.45, 2.75) is 13.3 Å². The first-order valence-electron chi connectivity index (χ1n) is 3.31. The summed E-state index contributed by atoms with van der Waals surface area (Å²) in [6, 6.07) is 0. The molecule has 0 unspecified atom stereocenters. The third-order valence-electron chi connectivity index (χ3n) is 1.01. The van der Waals surface area contributed by atoms with Gasteiger partial charge in [0.1, 0.15) is 0 Å². The summed E-state index contributed by atoms with van der Waals surface area (Å²) in [5, 5.41) is 25.9. The lowest BCUT2D eigenvalue weighted by Crippen LogP contribution is -2.44. The molecule has 0 saturated heterocycles.